The van der Waals surface area contributed by atoms with Gasteiger partial charge in [-0.2, -0.15) is 0 Å². The fraction of sp³-hybridized carbons (Fsp3) is 0.294. The Labute approximate surface area is 128 Å². The number of hydrogen-bond donors (Lipinski definition) is 0. The van der Waals surface area contributed by atoms with Gasteiger partial charge in [-0.25, -0.2) is 0 Å². The van der Waals surface area contributed by atoms with E-state index in [1.165, 1.54) is 0 Å². The lowest BCUT2D eigenvalue weighted by Crippen LogP contribution is -2.33. The van der Waals surface area contributed by atoms with E-state index in [1.54, 1.807) is 42.6 Å². The minimum absolute atomic E-state index is 0.140. The highest BCUT2D eigenvalue weighted by atomic mass is 16.6. The van der Waals surface area contributed by atoms with E-state index in [-0.39, 0.29) is 11.9 Å². The van der Waals surface area contributed by atoms with Crippen LogP contribution in [0.5, 0.6) is 11.5 Å². The van der Waals surface area contributed by atoms with E-state index >= 15 is 0 Å². The molecule has 1 aromatic heterocycles. The minimum atomic E-state index is -0.160. The van der Waals surface area contributed by atoms with Crippen molar-refractivity contribution >= 4 is 5.78 Å². The molecule has 0 spiro atoms. The highest BCUT2D eigenvalue weighted by molar-refractivity contribution is 6.08. The first-order valence-electron chi connectivity index (χ1n) is 7.25. The van der Waals surface area contributed by atoms with E-state index in [1.807, 2.05) is 6.92 Å². The Morgan fingerprint density at radius 1 is 1.32 bits per heavy atom. The standard InChI is InChI=1S/C17H17NO4/c1-2-20-10-13-11-21-15-7-6-12(9-16(15)22-13)17(19)14-5-3-4-8-18-14/h3-9,13H,2,10-11H2,1H3. The summed E-state index contributed by atoms with van der Waals surface area (Å²) in [5.41, 5.74) is 0.933. The molecule has 2 aromatic rings. The lowest BCUT2D eigenvalue weighted by Gasteiger charge is -2.26. The average Bonchev–Trinajstić information content (AvgIpc) is 2.59. The second kappa shape index (κ2) is 6.58. The van der Waals surface area contributed by atoms with Crippen molar-refractivity contribution in [1.29, 1.82) is 0 Å². The molecular formula is C17H17NO4. The molecule has 0 fully saturated rings. The monoisotopic (exact) mass is 299 g/mol. The zero-order chi connectivity index (χ0) is 15.4. The fourth-order valence-corrected chi connectivity index (χ4v) is 2.23. The number of hydrogen-bond acceptors (Lipinski definition) is 5. The molecule has 0 saturated heterocycles. The Bertz CT molecular complexity index is 657. The summed E-state index contributed by atoms with van der Waals surface area (Å²) in [7, 11) is 0. The third-order valence-electron chi connectivity index (χ3n) is 3.33. The molecule has 0 bridgehead atoms. The fourth-order valence-electron chi connectivity index (χ4n) is 2.23. The van der Waals surface area contributed by atoms with Gasteiger partial charge < -0.3 is 14.2 Å². The number of ketones is 1. The summed E-state index contributed by atoms with van der Waals surface area (Å²) < 4.78 is 16.8. The topological polar surface area (TPSA) is 57.7 Å². The van der Waals surface area contributed by atoms with Crippen LogP contribution in [0.15, 0.2) is 42.6 Å². The van der Waals surface area contributed by atoms with Crippen molar-refractivity contribution in [3.63, 3.8) is 0 Å². The van der Waals surface area contributed by atoms with Gasteiger partial charge >= 0.3 is 0 Å². The smallest absolute Gasteiger partial charge is 0.211 e. The van der Waals surface area contributed by atoms with Gasteiger partial charge in [0.25, 0.3) is 0 Å². The number of aromatic nitrogens is 1. The summed E-state index contributed by atoms with van der Waals surface area (Å²) in [6.45, 7) is 3.47. The Hall–Kier alpha value is -2.40. The number of rotatable bonds is 5. The molecule has 1 atom stereocenters. The first-order valence-corrected chi connectivity index (χ1v) is 7.25. The van der Waals surface area contributed by atoms with Gasteiger partial charge in [-0.1, -0.05) is 6.07 Å². The molecule has 0 aliphatic carbocycles. The molecule has 5 heteroatoms. The molecule has 1 aromatic carbocycles. The van der Waals surface area contributed by atoms with Crippen LogP contribution in [0.1, 0.15) is 23.0 Å². The summed E-state index contributed by atoms with van der Waals surface area (Å²) in [6.07, 6.45) is 1.44. The molecule has 3 rings (SSSR count). The number of nitrogens with zero attached hydrogens (tertiary/aromatic N) is 1. The van der Waals surface area contributed by atoms with Crippen LogP contribution >= 0.6 is 0 Å². The molecular weight excluding hydrogens is 282 g/mol. The van der Waals surface area contributed by atoms with Crippen LogP contribution < -0.4 is 9.47 Å². The normalized spacial score (nSPS) is 16.3. The van der Waals surface area contributed by atoms with Crippen molar-refractivity contribution in [2.45, 2.75) is 13.0 Å². The number of ether oxygens (including phenoxy) is 3. The number of fused-ring (bicyclic) bond motifs is 1. The summed E-state index contributed by atoms with van der Waals surface area (Å²) in [4.78, 5) is 16.5. The van der Waals surface area contributed by atoms with Crippen LogP contribution in [-0.2, 0) is 4.74 Å². The van der Waals surface area contributed by atoms with Crippen LogP contribution in [0.4, 0.5) is 0 Å². The highest BCUT2D eigenvalue weighted by Crippen LogP contribution is 2.33. The second-order valence-electron chi connectivity index (χ2n) is 4.92. The molecule has 114 valence electrons. The Morgan fingerprint density at radius 2 is 2.23 bits per heavy atom. The highest BCUT2D eigenvalue weighted by Gasteiger charge is 2.22. The van der Waals surface area contributed by atoms with Gasteiger partial charge in [0.05, 0.1) is 6.61 Å². The lowest BCUT2D eigenvalue weighted by molar-refractivity contribution is 0.0127. The predicted octanol–water partition coefficient (Wildman–Crippen LogP) is 2.49. The zero-order valence-electron chi connectivity index (χ0n) is 12.3. The molecule has 5 nitrogen and oxygen atoms in total. The SMILES string of the molecule is CCOCC1COc2ccc(C(=O)c3ccccn3)cc2O1. The molecule has 22 heavy (non-hydrogen) atoms. The molecule has 2 heterocycles. The summed E-state index contributed by atoms with van der Waals surface area (Å²) in [5, 5.41) is 0. The van der Waals surface area contributed by atoms with E-state index in [2.05, 4.69) is 4.98 Å². The Kier molecular flexibility index (Phi) is 4.34. The van der Waals surface area contributed by atoms with Gasteiger partial charge in [0, 0.05) is 18.4 Å². The van der Waals surface area contributed by atoms with Crippen LogP contribution in [0.3, 0.4) is 0 Å². The Balaban J connectivity index is 1.80. The lowest BCUT2D eigenvalue weighted by atomic mass is 10.1. The van der Waals surface area contributed by atoms with Gasteiger partial charge in [-0.3, -0.25) is 9.78 Å². The molecule has 0 saturated carbocycles. The van der Waals surface area contributed by atoms with E-state index in [0.717, 1.165) is 0 Å². The van der Waals surface area contributed by atoms with E-state index in [9.17, 15) is 4.79 Å². The molecule has 0 radical (unpaired) electrons. The third-order valence-corrected chi connectivity index (χ3v) is 3.33. The number of benzene rings is 1. The molecule has 0 N–H and O–H groups in total. The molecule has 1 aliphatic rings. The number of pyridine rings is 1. The zero-order valence-corrected chi connectivity index (χ0v) is 12.3. The van der Waals surface area contributed by atoms with Gasteiger partial charge in [0.1, 0.15) is 12.3 Å². The number of carbonyl (C=O) groups is 1. The van der Waals surface area contributed by atoms with Gasteiger partial charge in [-0.05, 0) is 37.3 Å². The average molecular weight is 299 g/mol. The quantitative estimate of drug-likeness (QED) is 0.794. The Morgan fingerprint density at radius 3 is 3.00 bits per heavy atom. The van der Waals surface area contributed by atoms with Crippen LogP contribution in [-0.4, -0.2) is 36.7 Å². The van der Waals surface area contributed by atoms with Crippen molar-refractivity contribution in [2.75, 3.05) is 19.8 Å². The van der Waals surface area contributed by atoms with Gasteiger partial charge in [0.2, 0.25) is 5.78 Å². The summed E-state index contributed by atoms with van der Waals surface area (Å²) >= 11 is 0. The van der Waals surface area contributed by atoms with Crippen LogP contribution in [0, 0.1) is 0 Å². The first-order chi connectivity index (χ1) is 10.8. The van der Waals surface area contributed by atoms with Gasteiger partial charge in [0.15, 0.2) is 17.6 Å². The summed E-state index contributed by atoms with van der Waals surface area (Å²) in [6, 6.07) is 10.4. The maximum absolute atomic E-state index is 12.4. The first kappa shape index (κ1) is 14.5. The predicted molar refractivity (Wildman–Crippen MR) is 80.5 cm³/mol. The molecule has 1 unspecified atom stereocenters. The van der Waals surface area contributed by atoms with Crippen LogP contribution in [0.25, 0.3) is 0 Å². The number of carbonyl (C=O) groups excluding carboxylic acids is 1. The third kappa shape index (κ3) is 3.09. The van der Waals surface area contributed by atoms with Crippen LogP contribution in [0.2, 0.25) is 0 Å². The molecule has 0 amide bonds. The van der Waals surface area contributed by atoms with E-state index in [4.69, 9.17) is 14.2 Å². The van der Waals surface area contributed by atoms with Crippen molar-refractivity contribution in [2.24, 2.45) is 0 Å². The van der Waals surface area contributed by atoms with E-state index < -0.39 is 0 Å². The summed E-state index contributed by atoms with van der Waals surface area (Å²) in [5.74, 6) is 1.07. The van der Waals surface area contributed by atoms with E-state index in [0.29, 0.717) is 42.6 Å². The van der Waals surface area contributed by atoms with Crippen molar-refractivity contribution in [3.05, 3.63) is 53.9 Å². The van der Waals surface area contributed by atoms with Crippen molar-refractivity contribution in [3.8, 4) is 11.5 Å². The maximum atomic E-state index is 12.4. The largest absolute Gasteiger partial charge is 0.486 e. The maximum Gasteiger partial charge on any atom is 0.211 e. The van der Waals surface area contributed by atoms with Gasteiger partial charge in [-0.15, -0.1) is 0 Å². The second-order valence-corrected chi connectivity index (χ2v) is 4.92. The minimum Gasteiger partial charge on any atom is -0.486 e. The van der Waals surface area contributed by atoms with Crippen molar-refractivity contribution < 1.29 is 19.0 Å². The van der Waals surface area contributed by atoms with Crippen molar-refractivity contribution in [1.82, 2.24) is 4.98 Å². The molecule has 1 aliphatic heterocycles.